The summed E-state index contributed by atoms with van der Waals surface area (Å²) in [5.41, 5.74) is 0.0351. The minimum Gasteiger partial charge on any atom is -0.478 e. The fourth-order valence-corrected chi connectivity index (χ4v) is 7.43. The molecule has 2 aliphatic heterocycles. The largest absolute Gasteiger partial charge is 0.478 e. The Morgan fingerprint density at radius 1 is 1.12 bits per heavy atom. The number of benzene rings is 2. The van der Waals surface area contributed by atoms with Crippen LogP contribution in [0.5, 0.6) is 0 Å². The van der Waals surface area contributed by atoms with Crippen molar-refractivity contribution in [3.63, 3.8) is 0 Å². The van der Waals surface area contributed by atoms with Crippen molar-refractivity contribution in [2.75, 3.05) is 4.90 Å². The first-order valence-corrected chi connectivity index (χ1v) is 14.4. The van der Waals surface area contributed by atoms with Crippen molar-refractivity contribution in [1.82, 2.24) is 10.1 Å². The van der Waals surface area contributed by atoms with Crippen LogP contribution in [0, 0.1) is 5.82 Å². The van der Waals surface area contributed by atoms with E-state index >= 15 is 0 Å². The van der Waals surface area contributed by atoms with Gasteiger partial charge in [-0.15, -0.1) is 0 Å². The number of carbonyl (C=O) groups is 1. The lowest BCUT2D eigenvalue weighted by Gasteiger charge is -2.38. The third kappa shape index (κ3) is 4.76. The summed E-state index contributed by atoms with van der Waals surface area (Å²) in [4.78, 5) is 18.1. The van der Waals surface area contributed by atoms with Crippen molar-refractivity contribution >= 4 is 32.7 Å². The van der Waals surface area contributed by atoms with E-state index in [4.69, 9.17) is 9.26 Å². The first-order chi connectivity index (χ1) is 19.7. The van der Waals surface area contributed by atoms with Crippen molar-refractivity contribution in [2.45, 2.75) is 75.4 Å². The van der Waals surface area contributed by atoms with Crippen molar-refractivity contribution in [1.29, 1.82) is 0 Å². The fraction of sp³-hybridized carbons (Fsp3) is 0.414. The van der Waals surface area contributed by atoms with E-state index in [0.717, 1.165) is 37.8 Å². The summed E-state index contributed by atoms with van der Waals surface area (Å²) in [6.45, 7) is 0.102. The van der Waals surface area contributed by atoms with E-state index in [1.165, 1.54) is 29.5 Å². The molecule has 3 atom stereocenters. The number of anilines is 1. The second kappa shape index (κ2) is 9.80. The Kier molecular flexibility index (Phi) is 6.31. The summed E-state index contributed by atoms with van der Waals surface area (Å²) in [5.74, 6) is -1.10. The molecule has 4 heterocycles. The summed E-state index contributed by atoms with van der Waals surface area (Å²) in [6, 6.07) is 8.04. The molecule has 2 aromatic heterocycles. The zero-order valence-corrected chi connectivity index (χ0v) is 22.5. The van der Waals surface area contributed by atoms with E-state index in [0.29, 0.717) is 34.0 Å². The molecule has 1 N–H and O–H groups in total. The van der Waals surface area contributed by atoms with Crippen LogP contribution in [-0.4, -0.2) is 39.4 Å². The lowest BCUT2D eigenvalue weighted by molar-refractivity contribution is -0.137. The van der Waals surface area contributed by atoms with Crippen LogP contribution in [-0.2, 0) is 17.5 Å². The Morgan fingerprint density at radius 3 is 2.54 bits per heavy atom. The highest BCUT2D eigenvalue weighted by atomic mass is 32.1. The van der Waals surface area contributed by atoms with Gasteiger partial charge < -0.3 is 19.3 Å². The Morgan fingerprint density at radius 2 is 1.85 bits per heavy atom. The first-order valence-electron chi connectivity index (χ1n) is 13.6. The van der Waals surface area contributed by atoms with Gasteiger partial charge in [-0.1, -0.05) is 34.7 Å². The molecule has 41 heavy (non-hydrogen) atoms. The van der Waals surface area contributed by atoms with Crippen LogP contribution in [0.2, 0.25) is 0 Å². The highest BCUT2D eigenvalue weighted by molar-refractivity contribution is 7.22. The number of halogens is 4. The van der Waals surface area contributed by atoms with E-state index < -0.39 is 23.5 Å². The molecule has 7 rings (SSSR count). The minimum atomic E-state index is -4.53. The van der Waals surface area contributed by atoms with Crippen molar-refractivity contribution in [3.8, 4) is 11.3 Å². The van der Waals surface area contributed by atoms with E-state index in [2.05, 4.69) is 15.0 Å². The van der Waals surface area contributed by atoms with Crippen LogP contribution in [0.1, 0.15) is 71.7 Å². The molecule has 2 aromatic carbocycles. The molecule has 12 heteroatoms. The number of hydrogen-bond donors (Lipinski definition) is 1. The molecule has 0 amide bonds. The Labute approximate surface area is 235 Å². The highest BCUT2D eigenvalue weighted by Crippen LogP contribution is 2.47. The van der Waals surface area contributed by atoms with Gasteiger partial charge in [-0.3, -0.25) is 0 Å². The molecular formula is C29H25F4N3O4S. The predicted molar refractivity (Wildman–Crippen MR) is 143 cm³/mol. The molecule has 1 aliphatic carbocycles. The van der Waals surface area contributed by atoms with Crippen molar-refractivity contribution < 1.29 is 36.7 Å². The number of nitrogens with zero attached hydrogens (tertiary/aromatic N) is 3. The van der Waals surface area contributed by atoms with Crippen molar-refractivity contribution in [2.24, 2.45) is 0 Å². The summed E-state index contributed by atoms with van der Waals surface area (Å²) in [5, 5.41) is 14.0. The van der Waals surface area contributed by atoms with Gasteiger partial charge in [0.25, 0.3) is 0 Å². The van der Waals surface area contributed by atoms with Gasteiger partial charge in [0.2, 0.25) is 0 Å². The van der Waals surface area contributed by atoms with Crippen LogP contribution >= 0.6 is 11.3 Å². The normalized spacial score (nSPS) is 22.5. The van der Waals surface area contributed by atoms with Gasteiger partial charge in [-0.25, -0.2) is 14.2 Å². The number of fused-ring (bicyclic) bond motifs is 3. The zero-order chi connectivity index (χ0) is 28.5. The van der Waals surface area contributed by atoms with Gasteiger partial charge in [0.1, 0.15) is 17.0 Å². The monoisotopic (exact) mass is 587 g/mol. The van der Waals surface area contributed by atoms with Crippen LogP contribution in [0.15, 0.2) is 40.9 Å². The molecule has 2 bridgehead atoms. The number of rotatable bonds is 7. The smallest absolute Gasteiger partial charge is 0.417 e. The van der Waals surface area contributed by atoms with Gasteiger partial charge in [-0.05, 0) is 56.7 Å². The molecule has 3 aliphatic rings. The highest BCUT2D eigenvalue weighted by Gasteiger charge is 2.43. The average Bonchev–Trinajstić information content (AvgIpc) is 3.44. The van der Waals surface area contributed by atoms with E-state index in [1.807, 2.05) is 0 Å². The molecule has 2 saturated heterocycles. The lowest BCUT2D eigenvalue weighted by atomic mass is 9.98. The molecule has 3 fully saturated rings. The molecule has 214 valence electrons. The molecule has 4 aromatic rings. The van der Waals surface area contributed by atoms with Crippen LogP contribution in [0.3, 0.4) is 0 Å². The number of ether oxygens (including phenoxy) is 1. The van der Waals surface area contributed by atoms with E-state index in [9.17, 15) is 27.5 Å². The molecule has 7 nitrogen and oxygen atoms in total. The third-order valence-corrected chi connectivity index (χ3v) is 9.33. The molecule has 1 unspecified atom stereocenters. The SMILES string of the molecule is O=C(O)c1cc(F)c2nc(N3[C@@H]4CC[C@H]3CC(OCc3c(-c5ccccc5C(F)(F)F)noc3C3CC3)C4)sc2c1. The topological polar surface area (TPSA) is 88.7 Å². The van der Waals surface area contributed by atoms with E-state index in [1.54, 1.807) is 6.07 Å². The first kappa shape index (κ1) is 26.4. The Hall–Kier alpha value is -3.51. The number of carboxylic acids is 1. The number of aromatic nitrogens is 2. The summed E-state index contributed by atoms with van der Waals surface area (Å²) < 4.78 is 68.4. The lowest BCUT2D eigenvalue weighted by Crippen LogP contribution is -2.45. The summed E-state index contributed by atoms with van der Waals surface area (Å²) >= 11 is 1.28. The number of aromatic carboxylic acids is 1. The number of thiazole rings is 1. The van der Waals surface area contributed by atoms with Crippen molar-refractivity contribution in [3.05, 3.63) is 64.7 Å². The van der Waals surface area contributed by atoms with Gasteiger partial charge in [0, 0.05) is 29.1 Å². The number of piperidine rings is 1. The number of carboxylic acid groups (broad SMARTS) is 1. The number of hydrogen-bond acceptors (Lipinski definition) is 7. The quantitative estimate of drug-likeness (QED) is 0.225. The van der Waals surface area contributed by atoms with Gasteiger partial charge in [0.15, 0.2) is 10.9 Å². The molecular weight excluding hydrogens is 562 g/mol. The maximum atomic E-state index is 14.6. The summed E-state index contributed by atoms with van der Waals surface area (Å²) in [6.07, 6.45) is 0.354. The number of alkyl halides is 3. The van der Waals surface area contributed by atoms with E-state index in [-0.39, 0.29) is 53.0 Å². The average molecular weight is 588 g/mol. The maximum Gasteiger partial charge on any atom is 0.417 e. The predicted octanol–water partition coefficient (Wildman–Crippen LogP) is 7.40. The molecule has 1 saturated carbocycles. The zero-order valence-electron chi connectivity index (χ0n) is 21.7. The molecule has 0 radical (unpaired) electrons. The van der Waals surface area contributed by atoms with Gasteiger partial charge >= 0.3 is 12.1 Å². The Bertz CT molecular complexity index is 1630. The summed E-state index contributed by atoms with van der Waals surface area (Å²) in [7, 11) is 0. The third-order valence-electron chi connectivity index (χ3n) is 8.31. The second-order valence-electron chi connectivity index (χ2n) is 11.0. The minimum absolute atomic E-state index is 0.0155. The van der Waals surface area contributed by atoms with Crippen LogP contribution < -0.4 is 4.90 Å². The van der Waals surface area contributed by atoms with Gasteiger partial charge in [-0.2, -0.15) is 13.2 Å². The molecule has 0 spiro atoms. The van der Waals surface area contributed by atoms with Crippen LogP contribution in [0.25, 0.3) is 21.5 Å². The van der Waals surface area contributed by atoms with Gasteiger partial charge in [0.05, 0.1) is 28.5 Å². The fourth-order valence-electron chi connectivity index (χ4n) is 6.26. The van der Waals surface area contributed by atoms with Crippen LogP contribution in [0.4, 0.5) is 22.7 Å². The standard InChI is InChI=1S/C29H25F4N3O4S/c30-22-9-15(27(37)38)10-23-25(22)34-28(41-23)36-16-7-8-17(36)12-18(11-16)39-13-20-24(35-40-26(20)14-5-6-14)19-3-1-2-4-21(19)29(31,32)33/h1-4,9-10,14,16-18H,5-8,11-13H2,(H,37,38)/t16-,17+,18?. The Balaban J connectivity index is 1.11. The maximum absolute atomic E-state index is 14.6. The second-order valence-corrected chi connectivity index (χ2v) is 12.0.